The molecule has 1 aromatic heterocycles. The summed E-state index contributed by atoms with van der Waals surface area (Å²) >= 11 is 0. The molecule has 11 nitrogen and oxygen atoms in total. The molecule has 0 fully saturated rings. The van der Waals surface area contributed by atoms with Crippen LogP contribution < -0.4 is 21.3 Å². The third kappa shape index (κ3) is 7.33. The Bertz CT molecular complexity index is 1620. The smallest absolute Gasteiger partial charge is 0.325 e. The highest BCUT2D eigenvalue weighted by Gasteiger charge is 2.23. The molecule has 0 bridgehead atoms. The molecule has 0 aliphatic rings. The number of nitrogens with one attached hydrogen (secondary N) is 3. The number of pyridine rings is 1. The highest BCUT2D eigenvalue weighted by Crippen LogP contribution is 2.26. The minimum Gasteiger partial charge on any atom is -0.465 e. The van der Waals surface area contributed by atoms with Crippen LogP contribution in [0, 0.1) is 5.41 Å². The quantitative estimate of drug-likeness (QED) is 0.123. The summed E-state index contributed by atoms with van der Waals surface area (Å²) in [6, 6.07) is 22.3. The molecule has 3 amide bonds. The highest BCUT2D eigenvalue weighted by molar-refractivity contribution is 6.11. The van der Waals surface area contributed by atoms with Crippen LogP contribution in [0.4, 0.5) is 5.69 Å². The Morgan fingerprint density at radius 3 is 2.43 bits per heavy atom. The molecule has 3 aromatic carbocycles. The minimum absolute atomic E-state index is 0.0293. The van der Waals surface area contributed by atoms with Crippen molar-refractivity contribution in [2.75, 3.05) is 24.6 Å². The van der Waals surface area contributed by atoms with Gasteiger partial charge in [-0.05, 0) is 53.6 Å². The van der Waals surface area contributed by atoms with E-state index in [2.05, 4.69) is 15.6 Å². The first-order valence-corrected chi connectivity index (χ1v) is 13.2. The third-order valence-corrected chi connectivity index (χ3v) is 6.30. The standard InChI is InChI=1S/C31H30N6O5/c1-2-42-28(39)18-35-27(38)19-37(31(41)26-8-3-4-15-34-26)23-13-14-24-22(16-23)6-5-7-25(24)30(40)36-17-20-9-11-21(12-10-20)29(32)33/h3-16H,2,17-19H2,1H3,(H3,32,33)(H,35,38)(H,36,40). The van der Waals surface area contributed by atoms with Crippen molar-refractivity contribution in [3.05, 3.63) is 107 Å². The predicted octanol–water partition coefficient (Wildman–Crippen LogP) is 2.77. The molecule has 0 saturated carbocycles. The number of ether oxygens (including phenoxy) is 1. The van der Waals surface area contributed by atoms with Gasteiger partial charge in [0, 0.05) is 29.6 Å². The monoisotopic (exact) mass is 566 g/mol. The van der Waals surface area contributed by atoms with E-state index in [1.807, 2.05) is 0 Å². The number of anilines is 1. The number of esters is 1. The highest BCUT2D eigenvalue weighted by atomic mass is 16.5. The zero-order valence-electron chi connectivity index (χ0n) is 22.9. The van der Waals surface area contributed by atoms with E-state index in [9.17, 15) is 19.2 Å². The summed E-state index contributed by atoms with van der Waals surface area (Å²) in [5.41, 5.74) is 7.94. The number of nitrogen functional groups attached to an aromatic ring is 1. The van der Waals surface area contributed by atoms with Gasteiger partial charge in [0.05, 0.1) is 6.61 Å². The summed E-state index contributed by atoms with van der Waals surface area (Å²) in [4.78, 5) is 56.3. The van der Waals surface area contributed by atoms with Crippen LogP contribution in [-0.2, 0) is 20.9 Å². The number of nitrogens with zero attached hydrogens (tertiary/aromatic N) is 2. The van der Waals surface area contributed by atoms with Crippen LogP contribution >= 0.6 is 0 Å². The second-order valence-corrected chi connectivity index (χ2v) is 9.19. The number of amides is 3. The first-order valence-electron chi connectivity index (χ1n) is 13.2. The number of aromatic nitrogens is 1. The van der Waals surface area contributed by atoms with E-state index in [-0.39, 0.29) is 43.7 Å². The van der Waals surface area contributed by atoms with Crippen LogP contribution in [0.3, 0.4) is 0 Å². The molecule has 0 aliphatic heterocycles. The fraction of sp³-hybridized carbons (Fsp3) is 0.161. The lowest BCUT2D eigenvalue weighted by Gasteiger charge is -2.22. The van der Waals surface area contributed by atoms with E-state index in [1.165, 1.54) is 11.1 Å². The first kappa shape index (κ1) is 29.4. The Labute approximate surface area is 242 Å². The number of rotatable bonds is 11. The molecule has 11 heteroatoms. The molecule has 4 aromatic rings. The van der Waals surface area contributed by atoms with Gasteiger partial charge in [-0.3, -0.25) is 34.5 Å². The van der Waals surface area contributed by atoms with Gasteiger partial charge < -0.3 is 21.1 Å². The Balaban J connectivity index is 1.56. The zero-order chi connectivity index (χ0) is 30.1. The molecule has 214 valence electrons. The van der Waals surface area contributed by atoms with Crippen LogP contribution in [-0.4, -0.2) is 54.2 Å². The van der Waals surface area contributed by atoms with Crippen LogP contribution in [0.5, 0.6) is 0 Å². The van der Waals surface area contributed by atoms with E-state index in [0.29, 0.717) is 27.6 Å². The maximum Gasteiger partial charge on any atom is 0.325 e. The van der Waals surface area contributed by atoms with Crippen molar-refractivity contribution in [3.8, 4) is 0 Å². The summed E-state index contributed by atoms with van der Waals surface area (Å²) in [6.07, 6.45) is 1.48. The predicted molar refractivity (Wildman–Crippen MR) is 158 cm³/mol. The largest absolute Gasteiger partial charge is 0.465 e. The van der Waals surface area contributed by atoms with Gasteiger partial charge in [0.15, 0.2) is 0 Å². The first-order chi connectivity index (χ1) is 20.3. The molecule has 0 saturated heterocycles. The van der Waals surface area contributed by atoms with E-state index in [4.69, 9.17) is 15.9 Å². The average molecular weight is 567 g/mol. The number of hydrogen-bond acceptors (Lipinski definition) is 7. The molecule has 1 heterocycles. The van der Waals surface area contributed by atoms with Crippen LogP contribution in [0.25, 0.3) is 10.8 Å². The zero-order valence-corrected chi connectivity index (χ0v) is 22.9. The van der Waals surface area contributed by atoms with Crippen molar-refractivity contribution >= 4 is 46.0 Å². The van der Waals surface area contributed by atoms with Crippen LogP contribution in [0.15, 0.2) is 85.1 Å². The second-order valence-electron chi connectivity index (χ2n) is 9.19. The number of amidine groups is 1. The number of carbonyl (C=O) groups is 4. The summed E-state index contributed by atoms with van der Waals surface area (Å²) < 4.78 is 4.84. The van der Waals surface area contributed by atoms with E-state index >= 15 is 0 Å². The molecular weight excluding hydrogens is 536 g/mol. The molecule has 4 rings (SSSR count). The van der Waals surface area contributed by atoms with Gasteiger partial charge >= 0.3 is 5.97 Å². The molecule has 0 spiro atoms. The molecular formula is C31H30N6O5. The van der Waals surface area contributed by atoms with Gasteiger partial charge in [-0.2, -0.15) is 0 Å². The number of fused-ring (bicyclic) bond motifs is 1. The van der Waals surface area contributed by atoms with Gasteiger partial charge in [-0.25, -0.2) is 0 Å². The molecule has 5 N–H and O–H groups in total. The molecule has 0 unspecified atom stereocenters. The van der Waals surface area contributed by atoms with Crippen LogP contribution in [0.2, 0.25) is 0 Å². The Hall–Kier alpha value is -5.58. The lowest BCUT2D eigenvalue weighted by molar-refractivity contribution is -0.143. The summed E-state index contributed by atoms with van der Waals surface area (Å²) in [6.45, 7) is 1.43. The van der Waals surface area contributed by atoms with Crippen LogP contribution in [0.1, 0.15) is 38.9 Å². The van der Waals surface area contributed by atoms with Crippen molar-refractivity contribution in [1.82, 2.24) is 15.6 Å². The van der Waals surface area contributed by atoms with Gasteiger partial charge in [0.25, 0.3) is 11.8 Å². The Morgan fingerprint density at radius 2 is 1.74 bits per heavy atom. The van der Waals surface area contributed by atoms with Gasteiger partial charge in [0.2, 0.25) is 5.91 Å². The number of nitrogens with two attached hydrogens (primary N) is 1. The Morgan fingerprint density at radius 1 is 0.952 bits per heavy atom. The summed E-state index contributed by atoms with van der Waals surface area (Å²) in [5.74, 6) is -1.97. The molecule has 0 aliphatic carbocycles. The second kappa shape index (κ2) is 13.7. The van der Waals surface area contributed by atoms with E-state index < -0.39 is 17.8 Å². The molecule has 0 atom stereocenters. The van der Waals surface area contributed by atoms with Gasteiger partial charge in [-0.1, -0.05) is 48.5 Å². The minimum atomic E-state index is -0.585. The molecule has 0 radical (unpaired) electrons. The Kier molecular flexibility index (Phi) is 9.57. The van der Waals surface area contributed by atoms with Crippen molar-refractivity contribution in [2.45, 2.75) is 13.5 Å². The third-order valence-electron chi connectivity index (χ3n) is 6.30. The maximum atomic E-state index is 13.4. The van der Waals surface area contributed by atoms with Crippen molar-refractivity contribution in [2.24, 2.45) is 5.73 Å². The van der Waals surface area contributed by atoms with E-state index in [0.717, 1.165) is 5.56 Å². The summed E-state index contributed by atoms with van der Waals surface area (Å²) in [7, 11) is 0. The lowest BCUT2D eigenvalue weighted by atomic mass is 10.0. The number of benzene rings is 3. The maximum absolute atomic E-state index is 13.4. The van der Waals surface area contributed by atoms with Crippen molar-refractivity contribution < 1.29 is 23.9 Å². The van der Waals surface area contributed by atoms with Gasteiger partial charge in [0.1, 0.15) is 24.6 Å². The topological polar surface area (TPSA) is 168 Å². The van der Waals surface area contributed by atoms with Crippen molar-refractivity contribution in [3.63, 3.8) is 0 Å². The van der Waals surface area contributed by atoms with Crippen molar-refractivity contribution in [1.29, 1.82) is 5.41 Å². The lowest BCUT2D eigenvalue weighted by Crippen LogP contribution is -2.42. The average Bonchev–Trinajstić information content (AvgIpc) is 3.01. The number of hydrogen-bond donors (Lipinski definition) is 4. The summed E-state index contributed by atoms with van der Waals surface area (Å²) in [5, 5.41) is 14.2. The normalized spacial score (nSPS) is 10.5. The fourth-order valence-corrected chi connectivity index (χ4v) is 4.21. The SMILES string of the molecule is CCOC(=O)CNC(=O)CN(C(=O)c1ccccn1)c1ccc2c(C(=O)NCc3ccc(C(=N)N)cc3)cccc2c1. The number of carbonyl (C=O) groups excluding carboxylic acids is 4. The molecule has 42 heavy (non-hydrogen) atoms. The fourth-order valence-electron chi connectivity index (χ4n) is 4.21. The van der Waals surface area contributed by atoms with Gasteiger partial charge in [-0.15, -0.1) is 0 Å². The van der Waals surface area contributed by atoms with E-state index in [1.54, 1.807) is 85.8 Å².